The zero-order valence-corrected chi connectivity index (χ0v) is 3.82. The highest BCUT2D eigenvalue weighted by molar-refractivity contribution is 6.35. The fourth-order valence-electron chi connectivity index (χ4n) is 0. The van der Waals surface area contributed by atoms with Crippen LogP contribution in [0.2, 0.25) is 0 Å². The second-order valence-electron chi connectivity index (χ2n) is 1.11. The molecule has 2 nitrogen and oxygen atoms in total. The lowest BCUT2D eigenvalue weighted by Gasteiger charge is -1.73. The third-order valence-electron chi connectivity index (χ3n) is 0.496. The summed E-state index contributed by atoms with van der Waals surface area (Å²) in [5.74, 6) is -0.759. The molecule has 0 aliphatic carbocycles. The Balaban J connectivity index is 3.57. The van der Waals surface area contributed by atoms with Gasteiger partial charge in [-0.25, -0.2) is 0 Å². The zero-order valence-electron chi connectivity index (χ0n) is 3.82. The molecule has 0 atom stereocenters. The van der Waals surface area contributed by atoms with E-state index in [2.05, 4.69) is 0 Å². The first-order valence-corrected chi connectivity index (χ1v) is 1.66. The molecule has 0 aromatic carbocycles. The molecule has 0 saturated heterocycles. The molecule has 0 radical (unpaired) electrons. The van der Waals surface area contributed by atoms with Gasteiger partial charge in [-0.05, 0) is 0 Å². The van der Waals surface area contributed by atoms with Gasteiger partial charge in [0.25, 0.3) is 0 Å². The van der Waals surface area contributed by atoms with Crippen LogP contribution in [0.15, 0.2) is 0 Å². The standard InChI is InChI=1S/C4H6O2/c1-3(5)4(2)6/h1-2H3/i3+1. The first-order valence-electron chi connectivity index (χ1n) is 1.66. The number of rotatable bonds is 1. The molecule has 0 aliphatic rings. The van der Waals surface area contributed by atoms with E-state index < -0.39 is 0 Å². The van der Waals surface area contributed by atoms with Crippen LogP contribution in [0.1, 0.15) is 13.8 Å². The van der Waals surface area contributed by atoms with Crippen molar-refractivity contribution in [2.75, 3.05) is 0 Å². The summed E-state index contributed by atoms with van der Waals surface area (Å²) in [6.45, 7) is 2.50. The van der Waals surface area contributed by atoms with Crippen LogP contribution in [-0.2, 0) is 9.59 Å². The Morgan fingerprint density at radius 3 is 1.17 bits per heavy atom. The minimum atomic E-state index is -0.380. The Labute approximate surface area is 36.2 Å². The van der Waals surface area contributed by atoms with Gasteiger partial charge in [0.2, 0.25) is 0 Å². The Hall–Kier alpha value is -0.660. The van der Waals surface area contributed by atoms with E-state index in [0.717, 1.165) is 0 Å². The summed E-state index contributed by atoms with van der Waals surface area (Å²) < 4.78 is 0. The molecule has 0 heterocycles. The molecule has 2 heteroatoms. The Bertz CT molecular complexity index is 71.5. The molecule has 34 valence electrons. The maximum Gasteiger partial charge on any atom is 0.195 e. The van der Waals surface area contributed by atoms with Crippen LogP contribution in [0.25, 0.3) is 0 Å². The van der Waals surface area contributed by atoms with Crippen LogP contribution in [0, 0.1) is 0 Å². The molecule has 0 aromatic rings. The Morgan fingerprint density at radius 2 is 1.17 bits per heavy atom. The van der Waals surface area contributed by atoms with Crippen molar-refractivity contribution in [3.05, 3.63) is 0 Å². The molecule has 0 unspecified atom stereocenters. The number of hydrogen-bond donors (Lipinski definition) is 0. The molecule has 0 saturated carbocycles. The summed E-state index contributed by atoms with van der Waals surface area (Å²) in [7, 11) is 0. The van der Waals surface area contributed by atoms with Gasteiger partial charge in [0.1, 0.15) is 0 Å². The number of hydrogen-bond acceptors (Lipinski definition) is 2. The van der Waals surface area contributed by atoms with Crippen LogP contribution in [0.5, 0.6) is 0 Å². The average Bonchev–Trinajstić information content (AvgIpc) is 1.36. The van der Waals surface area contributed by atoms with Gasteiger partial charge < -0.3 is 0 Å². The molecule has 0 aromatic heterocycles. The molecule has 0 aliphatic heterocycles. The van der Waals surface area contributed by atoms with E-state index in [1.807, 2.05) is 0 Å². The fraction of sp³-hybridized carbons (Fsp3) is 0.500. The summed E-state index contributed by atoms with van der Waals surface area (Å²) in [5.41, 5.74) is 0. The summed E-state index contributed by atoms with van der Waals surface area (Å²) in [6.07, 6.45) is 0. The topological polar surface area (TPSA) is 34.1 Å². The highest BCUT2D eigenvalue weighted by Gasteiger charge is 1.94. The summed E-state index contributed by atoms with van der Waals surface area (Å²) in [4.78, 5) is 19.6. The smallest absolute Gasteiger partial charge is 0.195 e. The van der Waals surface area contributed by atoms with E-state index in [4.69, 9.17) is 0 Å². The van der Waals surface area contributed by atoms with Crippen molar-refractivity contribution >= 4 is 11.6 Å². The normalized spacial score (nSPS) is 7.67. The molecule has 0 amide bonds. The molecule has 0 N–H and O–H groups in total. The van der Waals surface area contributed by atoms with Crippen molar-refractivity contribution in [2.24, 2.45) is 0 Å². The van der Waals surface area contributed by atoms with Crippen molar-refractivity contribution in [2.45, 2.75) is 13.8 Å². The quantitative estimate of drug-likeness (QED) is 0.337. The van der Waals surface area contributed by atoms with Gasteiger partial charge in [0, 0.05) is 13.8 Å². The lowest BCUT2D eigenvalue weighted by Crippen LogP contribution is -2.01. The Kier molecular flexibility index (Phi) is 1.51. The maximum atomic E-state index is 9.79. The van der Waals surface area contributed by atoms with Gasteiger partial charge in [0.15, 0.2) is 11.6 Å². The third-order valence-corrected chi connectivity index (χ3v) is 0.496. The highest BCUT2D eigenvalue weighted by Crippen LogP contribution is 1.66. The number of ketones is 2. The first-order chi connectivity index (χ1) is 2.64. The first kappa shape index (κ1) is 5.34. The van der Waals surface area contributed by atoms with E-state index in [-0.39, 0.29) is 11.6 Å². The van der Waals surface area contributed by atoms with Crippen molar-refractivity contribution in [1.82, 2.24) is 0 Å². The fourth-order valence-corrected chi connectivity index (χ4v) is 0. The van der Waals surface area contributed by atoms with Crippen LogP contribution in [-0.4, -0.2) is 11.6 Å². The van der Waals surface area contributed by atoms with Gasteiger partial charge in [-0.3, -0.25) is 9.59 Å². The summed E-state index contributed by atoms with van der Waals surface area (Å²) >= 11 is 0. The zero-order chi connectivity index (χ0) is 5.15. The number of carbonyl (C=O) groups excluding carboxylic acids is 2. The van der Waals surface area contributed by atoms with Crippen molar-refractivity contribution in [3.8, 4) is 0 Å². The van der Waals surface area contributed by atoms with Crippen molar-refractivity contribution in [3.63, 3.8) is 0 Å². The Morgan fingerprint density at radius 1 is 1.00 bits per heavy atom. The van der Waals surface area contributed by atoms with E-state index in [0.29, 0.717) is 0 Å². The monoisotopic (exact) mass is 87.0 g/mol. The predicted octanol–water partition coefficient (Wildman–Crippen LogP) is 0.164. The molecule has 0 rings (SSSR count). The summed E-state index contributed by atoms with van der Waals surface area (Å²) in [5, 5.41) is 0. The van der Waals surface area contributed by atoms with Gasteiger partial charge >= 0.3 is 0 Å². The second-order valence-corrected chi connectivity index (χ2v) is 1.11. The lowest BCUT2D eigenvalue weighted by atomic mass is 10.6. The van der Waals surface area contributed by atoms with Crippen LogP contribution >= 0.6 is 0 Å². The number of Topliss-reactive ketones (excluding diaryl/α,β-unsaturated/α-hetero) is 2. The van der Waals surface area contributed by atoms with E-state index in [1.165, 1.54) is 13.8 Å². The SMILES string of the molecule is CC(=O)[13C](C)=O. The lowest BCUT2D eigenvalue weighted by molar-refractivity contribution is -0.134. The molecule has 0 spiro atoms. The van der Waals surface area contributed by atoms with Gasteiger partial charge in [-0.1, -0.05) is 0 Å². The minimum Gasteiger partial charge on any atom is -0.291 e. The molecule has 6 heavy (non-hydrogen) atoms. The predicted molar refractivity (Wildman–Crippen MR) is 21.4 cm³/mol. The minimum absolute atomic E-state index is 0.380. The average molecular weight is 87.1 g/mol. The largest absolute Gasteiger partial charge is 0.291 e. The number of carbonyl (C=O) groups is 2. The van der Waals surface area contributed by atoms with Gasteiger partial charge in [-0.2, -0.15) is 0 Å². The van der Waals surface area contributed by atoms with Gasteiger partial charge in [0.05, 0.1) is 0 Å². The van der Waals surface area contributed by atoms with Crippen LogP contribution < -0.4 is 0 Å². The van der Waals surface area contributed by atoms with E-state index >= 15 is 0 Å². The second kappa shape index (κ2) is 1.70. The van der Waals surface area contributed by atoms with Crippen molar-refractivity contribution in [1.29, 1.82) is 0 Å². The molecular weight excluding hydrogens is 81.0 g/mol. The van der Waals surface area contributed by atoms with Crippen molar-refractivity contribution < 1.29 is 9.59 Å². The van der Waals surface area contributed by atoms with Crippen LogP contribution in [0.4, 0.5) is 0 Å². The van der Waals surface area contributed by atoms with E-state index in [1.54, 1.807) is 0 Å². The third kappa shape index (κ3) is 1.64. The van der Waals surface area contributed by atoms with Gasteiger partial charge in [-0.15, -0.1) is 0 Å². The highest BCUT2D eigenvalue weighted by atomic mass is 16.2. The molecule has 0 fully saturated rings. The van der Waals surface area contributed by atoms with E-state index in [9.17, 15) is 9.59 Å². The van der Waals surface area contributed by atoms with Crippen LogP contribution in [0.3, 0.4) is 0 Å². The summed E-state index contributed by atoms with van der Waals surface area (Å²) in [6, 6.07) is 0. The molecule has 0 bridgehead atoms. The molecular formula is C4H6O2. The maximum absolute atomic E-state index is 9.79.